The van der Waals surface area contributed by atoms with E-state index in [1.54, 1.807) is 0 Å². The van der Waals surface area contributed by atoms with E-state index in [9.17, 15) is 0 Å². The van der Waals surface area contributed by atoms with E-state index in [-0.39, 0.29) is 0 Å². The normalized spacial score (nSPS) is 24.0. The van der Waals surface area contributed by atoms with Gasteiger partial charge in [-0.3, -0.25) is 4.90 Å². The Morgan fingerprint density at radius 3 is 2.38 bits per heavy atom. The van der Waals surface area contributed by atoms with E-state index in [1.807, 2.05) is 0 Å². The molecule has 2 aliphatic rings. The Morgan fingerprint density at radius 2 is 2.00 bits per heavy atom. The van der Waals surface area contributed by atoms with Gasteiger partial charge in [-0.05, 0) is 24.7 Å². The van der Waals surface area contributed by atoms with Crippen LogP contribution in [0.4, 0.5) is 0 Å². The van der Waals surface area contributed by atoms with Gasteiger partial charge < -0.3 is 5.32 Å². The molecule has 0 aromatic heterocycles. The monoisotopic (exact) mass is 182 g/mol. The molecule has 0 aromatic carbocycles. The van der Waals surface area contributed by atoms with Crippen molar-refractivity contribution in [2.75, 3.05) is 26.2 Å². The van der Waals surface area contributed by atoms with Crippen LogP contribution in [0.25, 0.3) is 0 Å². The molecule has 13 heavy (non-hydrogen) atoms. The second-order valence-electron chi connectivity index (χ2n) is 5.10. The Morgan fingerprint density at radius 1 is 1.31 bits per heavy atom. The molecule has 1 aliphatic carbocycles. The third kappa shape index (κ3) is 2.68. The summed E-state index contributed by atoms with van der Waals surface area (Å²) >= 11 is 0. The van der Waals surface area contributed by atoms with Crippen molar-refractivity contribution in [1.29, 1.82) is 0 Å². The van der Waals surface area contributed by atoms with Crippen LogP contribution in [0.5, 0.6) is 0 Å². The lowest BCUT2D eigenvalue weighted by Gasteiger charge is -2.34. The van der Waals surface area contributed by atoms with Crippen LogP contribution in [0.3, 0.4) is 0 Å². The van der Waals surface area contributed by atoms with Crippen molar-refractivity contribution >= 4 is 0 Å². The van der Waals surface area contributed by atoms with E-state index in [1.165, 1.54) is 39.0 Å². The number of nitrogens with zero attached hydrogens (tertiary/aromatic N) is 1. The molecule has 1 N–H and O–H groups in total. The molecule has 2 fully saturated rings. The lowest BCUT2D eigenvalue weighted by Crippen LogP contribution is -2.49. The molecule has 0 radical (unpaired) electrons. The van der Waals surface area contributed by atoms with Crippen molar-refractivity contribution in [3.05, 3.63) is 0 Å². The molecule has 0 spiro atoms. The Kier molecular flexibility index (Phi) is 2.89. The van der Waals surface area contributed by atoms with Crippen molar-refractivity contribution in [2.45, 2.75) is 32.7 Å². The van der Waals surface area contributed by atoms with E-state index in [4.69, 9.17) is 0 Å². The Bertz CT molecular complexity index is 159. The first-order chi connectivity index (χ1) is 6.25. The van der Waals surface area contributed by atoms with Crippen molar-refractivity contribution in [1.82, 2.24) is 10.2 Å². The fourth-order valence-electron chi connectivity index (χ4n) is 2.09. The van der Waals surface area contributed by atoms with Crippen LogP contribution in [0.1, 0.15) is 26.7 Å². The number of nitrogens with one attached hydrogen (secondary N) is 1. The highest BCUT2D eigenvalue weighted by Crippen LogP contribution is 2.28. The molecule has 76 valence electrons. The zero-order valence-corrected chi connectivity index (χ0v) is 8.92. The maximum Gasteiger partial charge on any atom is 0.00966 e. The highest BCUT2D eigenvalue weighted by Gasteiger charge is 2.31. The van der Waals surface area contributed by atoms with Crippen molar-refractivity contribution in [3.8, 4) is 0 Å². The molecule has 0 atom stereocenters. The summed E-state index contributed by atoms with van der Waals surface area (Å²) < 4.78 is 0. The molecule has 1 aliphatic heterocycles. The van der Waals surface area contributed by atoms with Crippen LogP contribution in [0.15, 0.2) is 0 Å². The minimum absolute atomic E-state index is 0.827. The third-order valence-electron chi connectivity index (χ3n) is 3.02. The largest absolute Gasteiger partial charge is 0.316 e. The van der Waals surface area contributed by atoms with Crippen molar-refractivity contribution < 1.29 is 0 Å². The molecule has 0 aromatic rings. The number of hydrogen-bond donors (Lipinski definition) is 1. The predicted octanol–water partition coefficient (Wildman–Crippen LogP) is 1.33. The summed E-state index contributed by atoms with van der Waals surface area (Å²) in [4.78, 5) is 2.72. The summed E-state index contributed by atoms with van der Waals surface area (Å²) in [6.07, 6.45) is 2.90. The minimum atomic E-state index is 0.827. The summed E-state index contributed by atoms with van der Waals surface area (Å²) in [5, 5.41) is 3.35. The zero-order chi connectivity index (χ0) is 9.26. The van der Waals surface area contributed by atoms with Gasteiger partial charge in [0.1, 0.15) is 0 Å². The van der Waals surface area contributed by atoms with Crippen LogP contribution in [-0.2, 0) is 0 Å². The lowest BCUT2D eigenvalue weighted by molar-refractivity contribution is 0.169. The van der Waals surface area contributed by atoms with Crippen LogP contribution in [0, 0.1) is 11.8 Å². The van der Waals surface area contributed by atoms with E-state index in [0.717, 1.165) is 17.9 Å². The fraction of sp³-hybridized carbons (Fsp3) is 1.00. The maximum absolute atomic E-state index is 3.35. The Hall–Kier alpha value is -0.0800. The van der Waals surface area contributed by atoms with E-state index in [2.05, 4.69) is 24.1 Å². The second-order valence-corrected chi connectivity index (χ2v) is 5.10. The van der Waals surface area contributed by atoms with Gasteiger partial charge in [-0.15, -0.1) is 0 Å². The summed E-state index contributed by atoms with van der Waals surface area (Å²) in [6, 6.07) is 0.947. The van der Waals surface area contributed by atoms with Gasteiger partial charge in [0.05, 0.1) is 0 Å². The molecular weight excluding hydrogens is 160 g/mol. The predicted molar refractivity (Wildman–Crippen MR) is 55.8 cm³/mol. The molecule has 2 rings (SSSR count). The molecule has 0 amide bonds. The molecule has 1 saturated carbocycles. The highest BCUT2D eigenvalue weighted by molar-refractivity contribution is 4.88. The summed E-state index contributed by atoms with van der Waals surface area (Å²) in [5.41, 5.74) is 0. The van der Waals surface area contributed by atoms with Crippen LogP contribution >= 0.6 is 0 Å². The maximum atomic E-state index is 3.35. The summed E-state index contributed by atoms with van der Waals surface area (Å²) in [7, 11) is 0. The van der Waals surface area contributed by atoms with Gasteiger partial charge in [-0.1, -0.05) is 13.8 Å². The first-order valence-corrected chi connectivity index (χ1v) is 5.70. The molecule has 0 bridgehead atoms. The van der Waals surface area contributed by atoms with Gasteiger partial charge in [-0.2, -0.15) is 0 Å². The van der Waals surface area contributed by atoms with E-state index < -0.39 is 0 Å². The van der Waals surface area contributed by atoms with E-state index >= 15 is 0 Å². The van der Waals surface area contributed by atoms with Gasteiger partial charge in [0.25, 0.3) is 0 Å². The average Bonchev–Trinajstić information content (AvgIpc) is 2.74. The quantitative estimate of drug-likeness (QED) is 0.690. The first-order valence-electron chi connectivity index (χ1n) is 5.70. The van der Waals surface area contributed by atoms with Gasteiger partial charge in [0.15, 0.2) is 0 Å². The van der Waals surface area contributed by atoms with Gasteiger partial charge >= 0.3 is 0 Å². The smallest absolute Gasteiger partial charge is 0.00966 e. The standard InChI is InChI=1S/C11H22N2/c1-9(2)7-13(11-3-4-11)8-10-5-12-6-10/h9-12H,3-8H2,1-2H3. The van der Waals surface area contributed by atoms with Crippen molar-refractivity contribution in [2.24, 2.45) is 11.8 Å². The summed E-state index contributed by atoms with van der Waals surface area (Å²) in [6.45, 7) is 9.81. The van der Waals surface area contributed by atoms with Gasteiger partial charge in [0.2, 0.25) is 0 Å². The number of hydrogen-bond acceptors (Lipinski definition) is 2. The molecular formula is C11H22N2. The highest BCUT2D eigenvalue weighted by atomic mass is 15.2. The van der Waals surface area contributed by atoms with Gasteiger partial charge in [-0.25, -0.2) is 0 Å². The van der Waals surface area contributed by atoms with E-state index in [0.29, 0.717) is 0 Å². The van der Waals surface area contributed by atoms with Crippen LogP contribution in [0.2, 0.25) is 0 Å². The van der Waals surface area contributed by atoms with Crippen molar-refractivity contribution in [3.63, 3.8) is 0 Å². The minimum Gasteiger partial charge on any atom is -0.316 e. The first kappa shape index (κ1) is 9.47. The van der Waals surface area contributed by atoms with Gasteiger partial charge in [0, 0.05) is 32.2 Å². The molecule has 2 nitrogen and oxygen atoms in total. The molecule has 0 unspecified atom stereocenters. The SMILES string of the molecule is CC(C)CN(CC1CNC1)C1CC1. The Balaban J connectivity index is 1.74. The molecule has 1 saturated heterocycles. The zero-order valence-electron chi connectivity index (χ0n) is 8.92. The second kappa shape index (κ2) is 3.97. The molecule has 2 heteroatoms. The summed E-state index contributed by atoms with van der Waals surface area (Å²) in [5.74, 6) is 1.77. The number of rotatable bonds is 5. The van der Waals surface area contributed by atoms with Crippen LogP contribution < -0.4 is 5.32 Å². The molecule has 1 heterocycles. The third-order valence-corrected chi connectivity index (χ3v) is 3.02. The Labute approximate surface area is 81.7 Å². The fourth-order valence-corrected chi connectivity index (χ4v) is 2.09. The van der Waals surface area contributed by atoms with Crippen LogP contribution in [-0.4, -0.2) is 37.1 Å². The average molecular weight is 182 g/mol. The topological polar surface area (TPSA) is 15.3 Å². The lowest BCUT2D eigenvalue weighted by atomic mass is 10.0.